The molecule has 0 bridgehead atoms. The number of hydrogen-bond acceptors (Lipinski definition) is 3. The largest absolute Gasteiger partial charge is 0.399 e. The molecular formula is C13H16N2S. The van der Waals surface area contributed by atoms with Gasteiger partial charge in [0.05, 0.1) is 0 Å². The van der Waals surface area contributed by atoms with Crippen LogP contribution >= 0.6 is 11.3 Å². The normalized spacial score (nSPS) is 10.9. The van der Waals surface area contributed by atoms with E-state index in [4.69, 9.17) is 5.73 Å². The maximum Gasteiger partial charge on any atom is 0.0317 e. The number of hydrogen-bond donors (Lipinski definition) is 1. The van der Waals surface area contributed by atoms with E-state index in [0.29, 0.717) is 0 Å². The zero-order valence-electron chi connectivity index (χ0n) is 9.39. The molecule has 0 atom stereocenters. The number of anilines is 1. The van der Waals surface area contributed by atoms with E-state index in [2.05, 4.69) is 34.8 Å². The standard InChI is InChI=1S/C13H16N2S/c1-15(9-12-5-6-16-10-12)8-11-3-2-4-13(14)7-11/h2-7,10H,8-9,14H2,1H3. The van der Waals surface area contributed by atoms with Gasteiger partial charge in [-0.3, -0.25) is 4.90 Å². The van der Waals surface area contributed by atoms with E-state index < -0.39 is 0 Å². The Bertz CT molecular complexity index is 437. The Morgan fingerprint density at radius 2 is 2.00 bits per heavy atom. The molecule has 2 nitrogen and oxygen atoms in total. The molecule has 0 saturated heterocycles. The first-order valence-corrected chi connectivity index (χ1v) is 6.22. The fourth-order valence-corrected chi connectivity index (χ4v) is 2.41. The molecule has 2 rings (SSSR count). The van der Waals surface area contributed by atoms with Gasteiger partial charge in [0.1, 0.15) is 0 Å². The summed E-state index contributed by atoms with van der Waals surface area (Å²) in [5.74, 6) is 0. The van der Waals surface area contributed by atoms with Crippen molar-refractivity contribution in [3.63, 3.8) is 0 Å². The minimum Gasteiger partial charge on any atom is -0.399 e. The zero-order valence-corrected chi connectivity index (χ0v) is 10.2. The van der Waals surface area contributed by atoms with Crippen molar-refractivity contribution in [3.05, 3.63) is 52.2 Å². The highest BCUT2D eigenvalue weighted by molar-refractivity contribution is 7.07. The van der Waals surface area contributed by atoms with Gasteiger partial charge in [-0.15, -0.1) is 0 Å². The molecule has 0 fully saturated rings. The monoisotopic (exact) mass is 232 g/mol. The molecule has 3 heteroatoms. The molecule has 1 aromatic heterocycles. The molecule has 0 aliphatic rings. The Hall–Kier alpha value is -1.32. The molecule has 0 radical (unpaired) electrons. The lowest BCUT2D eigenvalue weighted by molar-refractivity contribution is 0.319. The molecule has 0 amide bonds. The first kappa shape index (κ1) is 11.2. The second kappa shape index (κ2) is 5.14. The number of rotatable bonds is 4. The van der Waals surface area contributed by atoms with E-state index in [1.54, 1.807) is 11.3 Å². The molecule has 0 unspecified atom stereocenters. The second-order valence-corrected chi connectivity index (χ2v) is 4.83. The average Bonchev–Trinajstić information content (AvgIpc) is 2.70. The van der Waals surface area contributed by atoms with Crippen LogP contribution in [0.2, 0.25) is 0 Å². The average molecular weight is 232 g/mol. The molecule has 0 spiro atoms. The van der Waals surface area contributed by atoms with E-state index in [9.17, 15) is 0 Å². The summed E-state index contributed by atoms with van der Waals surface area (Å²) >= 11 is 1.74. The van der Waals surface area contributed by atoms with Crippen molar-refractivity contribution in [1.82, 2.24) is 4.90 Å². The Kier molecular flexibility index (Phi) is 3.59. The number of thiophene rings is 1. The Balaban J connectivity index is 1.94. The van der Waals surface area contributed by atoms with Crippen LogP contribution in [0.3, 0.4) is 0 Å². The quantitative estimate of drug-likeness (QED) is 0.821. The predicted octanol–water partition coefficient (Wildman–Crippen LogP) is 2.96. The lowest BCUT2D eigenvalue weighted by atomic mass is 10.2. The van der Waals surface area contributed by atoms with E-state index in [0.717, 1.165) is 18.8 Å². The summed E-state index contributed by atoms with van der Waals surface area (Å²) in [6.45, 7) is 1.92. The van der Waals surface area contributed by atoms with Crippen LogP contribution in [0, 0.1) is 0 Å². The van der Waals surface area contributed by atoms with Crippen molar-refractivity contribution < 1.29 is 0 Å². The third kappa shape index (κ3) is 3.08. The molecule has 1 heterocycles. The molecule has 0 saturated carbocycles. The number of benzene rings is 1. The Labute approximate surface area is 100 Å². The number of nitrogens with zero attached hydrogens (tertiary/aromatic N) is 1. The van der Waals surface area contributed by atoms with E-state index in [-0.39, 0.29) is 0 Å². The maximum absolute atomic E-state index is 5.75. The molecule has 0 aliphatic carbocycles. The molecule has 0 aliphatic heterocycles. The molecule has 16 heavy (non-hydrogen) atoms. The summed E-state index contributed by atoms with van der Waals surface area (Å²) in [5.41, 5.74) is 9.22. The summed E-state index contributed by atoms with van der Waals surface area (Å²) < 4.78 is 0. The van der Waals surface area contributed by atoms with Gasteiger partial charge in [-0.2, -0.15) is 11.3 Å². The third-order valence-electron chi connectivity index (χ3n) is 2.44. The van der Waals surface area contributed by atoms with E-state index in [1.165, 1.54) is 11.1 Å². The van der Waals surface area contributed by atoms with Crippen LogP contribution < -0.4 is 5.73 Å². The van der Waals surface area contributed by atoms with E-state index >= 15 is 0 Å². The zero-order chi connectivity index (χ0) is 11.4. The smallest absolute Gasteiger partial charge is 0.0317 e. The topological polar surface area (TPSA) is 29.3 Å². The summed E-state index contributed by atoms with van der Waals surface area (Å²) in [7, 11) is 2.13. The van der Waals surface area contributed by atoms with Gasteiger partial charge < -0.3 is 5.73 Å². The van der Waals surface area contributed by atoms with Crippen molar-refractivity contribution in [2.24, 2.45) is 0 Å². The van der Waals surface area contributed by atoms with Crippen LogP contribution in [0.25, 0.3) is 0 Å². The van der Waals surface area contributed by atoms with Crippen LogP contribution in [0.5, 0.6) is 0 Å². The molecule has 2 aromatic rings. The predicted molar refractivity (Wildman–Crippen MR) is 70.3 cm³/mol. The highest BCUT2D eigenvalue weighted by atomic mass is 32.1. The number of nitrogen functional groups attached to an aromatic ring is 1. The van der Waals surface area contributed by atoms with Gasteiger partial charge in [-0.05, 0) is 47.1 Å². The van der Waals surface area contributed by atoms with Crippen LogP contribution in [0.15, 0.2) is 41.1 Å². The second-order valence-electron chi connectivity index (χ2n) is 4.05. The van der Waals surface area contributed by atoms with Gasteiger partial charge in [0.2, 0.25) is 0 Å². The van der Waals surface area contributed by atoms with Gasteiger partial charge >= 0.3 is 0 Å². The minimum atomic E-state index is 0.835. The fraction of sp³-hybridized carbons (Fsp3) is 0.231. The van der Waals surface area contributed by atoms with Crippen LogP contribution in [0.4, 0.5) is 5.69 Å². The van der Waals surface area contributed by atoms with Gasteiger partial charge in [-0.1, -0.05) is 12.1 Å². The number of nitrogens with two attached hydrogens (primary N) is 1. The molecule has 84 valence electrons. The molecule has 2 N–H and O–H groups in total. The lowest BCUT2D eigenvalue weighted by Gasteiger charge is -2.16. The Morgan fingerprint density at radius 3 is 2.69 bits per heavy atom. The first-order valence-electron chi connectivity index (χ1n) is 5.28. The summed E-state index contributed by atoms with van der Waals surface area (Å²) in [5, 5.41) is 4.31. The van der Waals surface area contributed by atoms with Gasteiger partial charge in [-0.25, -0.2) is 0 Å². The van der Waals surface area contributed by atoms with Crippen LogP contribution in [0.1, 0.15) is 11.1 Å². The SMILES string of the molecule is CN(Cc1ccsc1)Cc1cccc(N)c1. The van der Waals surface area contributed by atoms with Crippen molar-refractivity contribution in [2.75, 3.05) is 12.8 Å². The third-order valence-corrected chi connectivity index (χ3v) is 3.17. The maximum atomic E-state index is 5.75. The van der Waals surface area contributed by atoms with Gasteiger partial charge in [0.15, 0.2) is 0 Å². The highest BCUT2D eigenvalue weighted by Gasteiger charge is 2.02. The highest BCUT2D eigenvalue weighted by Crippen LogP contribution is 2.12. The fourth-order valence-electron chi connectivity index (χ4n) is 1.75. The van der Waals surface area contributed by atoms with Crippen molar-refractivity contribution in [3.8, 4) is 0 Å². The summed E-state index contributed by atoms with van der Waals surface area (Å²) in [6.07, 6.45) is 0. The van der Waals surface area contributed by atoms with Gasteiger partial charge in [0, 0.05) is 18.8 Å². The van der Waals surface area contributed by atoms with Crippen LogP contribution in [-0.2, 0) is 13.1 Å². The van der Waals surface area contributed by atoms with Gasteiger partial charge in [0.25, 0.3) is 0 Å². The van der Waals surface area contributed by atoms with Crippen molar-refractivity contribution >= 4 is 17.0 Å². The van der Waals surface area contributed by atoms with Crippen LogP contribution in [-0.4, -0.2) is 11.9 Å². The first-order chi connectivity index (χ1) is 7.74. The van der Waals surface area contributed by atoms with Crippen molar-refractivity contribution in [2.45, 2.75) is 13.1 Å². The molecule has 1 aromatic carbocycles. The Morgan fingerprint density at radius 1 is 1.19 bits per heavy atom. The summed E-state index contributed by atoms with van der Waals surface area (Å²) in [6, 6.07) is 10.2. The molecular weight excluding hydrogens is 216 g/mol. The minimum absolute atomic E-state index is 0.835. The summed E-state index contributed by atoms with van der Waals surface area (Å²) in [4.78, 5) is 2.29. The lowest BCUT2D eigenvalue weighted by Crippen LogP contribution is -2.16. The van der Waals surface area contributed by atoms with E-state index in [1.807, 2.05) is 18.2 Å². The van der Waals surface area contributed by atoms with Crippen molar-refractivity contribution in [1.29, 1.82) is 0 Å².